The Hall–Kier alpha value is -1.46. The van der Waals surface area contributed by atoms with Crippen molar-refractivity contribution in [2.45, 2.75) is 91.9 Å². The highest BCUT2D eigenvalue weighted by atomic mass is 15.3. The van der Waals surface area contributed by atoms with Crippen LogP contribution in [0.4, 0.5) is 0 Å². The van der Waals surface area contributed by atoms with Gasteiger partial charge in [-0.05, 0) is 32.1 Å². The number of quaternary nitrogens is 1. The lowest BCUT2D eigenvalue weighted by Crippen LogP contribution is -2.50. The molecule has 0 aromatic carbocycles. The standard InChI is InChI=1S/C18H40N.2CH2N2/c1-5-9-13-14-18-19(15-10-6-2,16-11-7-3)17-12-8-4;2*2-1-3/h5-18H2,1-4H3;2*2H2/q+1;;. The second-order valence-electron chi connectivity index (χ2n) is 6.62. The number of unbranched alkanes of at least 4 members (excludes halogenated alkanes) is 6. The monoisotopic (exact) mass is 354 g/mol. The normalized spacial score (nSPS) is 9.68. The van der Waals surface area contributed by atoms with Crippen molar-refractivity contribution >= 4 is 0 Å². The van der Waals surface area contributed by atoms with Crippen LogP contribution in [0, 0.1) is 22.9 Å². The lowest BCUT2D eigenvalue weighted by atomic mass is 10.1. The average molecular weight is 355 g/mol. The zero-order chi connectivity index (χ0) is 19.8. The Kier molecular flexibility index (Phi) is 28.1. The van der Waals surface area contributed by atoms with Crippen LogP contribution in [0.25, 0.3) is 0 Å². The molecule has 0 aliphatic rings. The first-order valence-electron chi connectivity index (χ1n) is 10.1. The first-order valence-corrected chi connectivity index (χ1v) is 10.1. The molecule has 25 heavy (non-hydrogen) atoms. The molecule has 5 heteroatoms. The van der Waals surface area contributed by atoms with Gasteiger partial charge in [-0.1, -0.05) is 59.8 Å². The second kappa shape index (κ2) is 24.8. The van der Waals surface area contributed by atoms with Crippen LogP contribution in [0.3, 0.4) is 0 Å². The van der Waals surface area contributed by atoms with Crippen molar-refractivity contribution in [2.75, 3.05) is 26.2 Å². The fraction of sp³-hybridized carbons (Fsp3) is 0.900. The molecule has 0 radical (unpaired) electrons. The Morgan fingerprint density at radius 3 is 1.12 bits per heavy atom. The molecule has 0 rings (SSSR count). The van der Waals surface area contributed by atoms with Gasteiger partial charge in [-0.3, -0.25) is 0 Å². The van der Waals surface area contributed by atoms with E-state index in [4.69, 9.17) is 10.5 Å². The molecule has 0 atom stereocenters. The Bertz CT molecular complexity index is 283. The number of rotatable bonds is 14. The third-order valence-corrected chi connectivity index (χ3v) is 4.44. The minimum absolute atomic E-state index is 1.25. The van der Waals surface area contributed by atoms with E-state index in [1.54, 1.807) is 0 Å². The van der Waals surface area contributed by atoms with Crippen LogP contribution >= 0.6 is 0 Å². The van der Waals surface area contributed by atoms with E-state index in [0.717, 1.165) is 0 Å². The minimum Gasteiger partial charge on any atom is -0.337 e. The van der Waals surface area contributed by atoms with Crippen LogP contribution in [-0.4, -0.2) is 30.7 Å². The summed E-state index contributed by atoms with van der Waals surface area (Å²) in [6.07, 6.45) is 16.5. The summed E-state index contributed by atoms with van der Waals surface area (Å²) in [5, 5.41) is 14.2. The van der Waals surface area contributed by atoms with Gasteiger partial charge in [0.05, 0.1) is 26.2 Å². The van der Waals surface area contributed by atoms with Crippen molar-refractivity contribution in [2.24, 2.45) is 11.5 Å². The molecule has 5 nitrogen and oxygen atoms in total. The fourth-order valence-corrected chi connectivity index (χ4v) is 3.03. The fourth-order valence-electron chi connectivity index (χ4n) is 3.03. The summed E-state index contributed by atoms with van der Waals surface area (Å²) in [5.74, 6) is 0. The first-order chi connectivity index (χ1) is 12.1. The van der Waals surface area contributed by atoms with Crippen LogP contribution in [0.15, 0.2) is 0 Å². The molecule has 0 fully saturated rings. The van der Waals surface area contributed by atoms with Crippen molar-refractivity contribution in [3.8, 4) is 12.4 Å². The highest BCUT2D eigenvalue weighted by Gasteiger charge is 2.24. The third kappa shape index (κ3) is 22.5. The quantitative estimate of drug-likeness (QED) is 0.205. The van der Waals surface area contributed by atoms with Gasteiger partial charge in [0.1, 0.15) is 0 Å². The van der Waals surface area contributed by atoms with Crippen molar-refractivity contribution in [3.63, 3.8) is 0 Å². The van der Waals surface area contributed by atoms with Gasteiger partial charge in [0.2, 0.25) is 0 Å². The van der Waals surface area contributed by atoms with E-state index in [9.17, 15) is 0 Å². The smallest absolute Gasteiger partial charge is 0.173 e. The van der Waals surface area contributed by atoms with Crippen LogP contribution in [-0.2, 0) is 0 Å². The number of nitriles is 2. The zero-order valence-electron chi connectivity index (χ0n) is 17.4. The summed E-state index contributed by atoms with van der Waals surface area (Å²) in [4.78, 5) is 0. The Morgan fingerprint density at radius 1 is 0.560 bits per heavy atom. The lowest BCUT2D eigenvalue weighted by Gasteiger charge is -2.39. The van der Waals surface area contributed by atoms with Gasteiger partial charge in [0, 0.05) is 0 Å². The van der Waals surface area contributed by atoms with Crippen molar-refractivity contribution < 1.29 is 4.48 Å². The summed E-state index contributed by atoms with van der Waals surface area (Å²) in [5.41, 5.74) is 8.31. The Balaban J connectivity index is -0.000000700. The molecule has 4 N–H and O–H groups in total. The summed E-state index contributed by atoms with van der Waals surface area (Å²) >= 11 is 0. The van der Waals surface area contributed by atoms with Crippen LogP contribution in [0.5, 0.6) is 0 Å². The van der Waals surface area contributed by atoms with Gasteiger partial charge < -0.3 is 16.0 Å². The number of hydrogen-bond donors (Lipinski definition) is 2. The molecule has 0 amide bonds. The zero-order valence-corrected chi connectivity index (χ0v) is 17.4. The van der Waals surface area contributed by atoms with E-state index >= 15 is 0 Å². The van der Waals surface area contributed by atoms with E-state index in [2.05, 4.69) is 39.2 Å². The predicted octanol–water partition coefficient (Wildman–Crippen LogP) is 4.64. The molecule has 0 aliphatic carbocycles. The maximum Gasteiger partial charge on any atom is 0.173 e. The SMILES string of the molecule is CCCCCC[N+](CCCC)(CCCC)CCCC.N#CN.N#CN. The first kappa shape index (κ1) is 28.3. The molecule has 0 aliphatic heterocycles. The van der Waals surface area contributed by atoms with Gasteiger partial charge in [-0.25, -0.2) is 0 Å². The molecule has 0 aromatic rings. The summed E-state index contributed by atoms with van der Waals surface area (Å²) < 4.78 is 1.43. The highest BCUT2D eigenvalue weighted by Crippen LogP contribution is 2.17. The van der Waals surface area contributed by atoms with Crippen molar-refractivity contribution in [3.05, 3.63) is 0 Å². The van der Waals surface area contributed by atoms with Gasteiger partial charge in [0.15, 0.2) is 12.4 Å². The van der Waals surface area contributed by atoms with Crippen molar-refractivity contribution in [1.29, 1.82) is 10.5 Å². The summed E-state index contributed by atoms with van der Waals surface area (Å²) in [6, 6.07) is 0. The van der Waals surface area contributed by atoms with Crippen LogP contribution in [0.2, 0.25) is 0 Å². The van der Waals surface area contributed by atoms with Gasteiger partial charge >= 0.3 is 0 Å². The van der Waals surface area contributed by atoms with Gasteiger partial charge in [-0.2, -0.15) is 10.5 Å². The van der Waals surface area contributed by atoms with Crippen LogP contribution < -0.4 is 11.5 Å². The maximum absolute atomic E-state index is 7.10. The highest BCUT2D eigenvalue weighted by molar-refractivity contribution is 4.50. The van der Waals surface area contributed by atoms with Gasteiger partial charge in [-0.15, -0.1) is 0 Å². The minimum atomic E-state index is 1.25. The number of nitrogens with two attached hydrogens (primary N) is 2. The lowest BCUT2D eigenvalue weighted by molar-refractivity contribution is -0.929. The van der Waals surface area contributed by atoms with Crippen molar-refractivity contribution in [1.82, 2.24) is 0 Å². The molecule has 148 valence electrons. The van der Waals surface area contributed by atoms with E-state index in [1.165, 1.54) is 107 Å². The molecular formula is C20H44N5+. The molecule has 0 spiro atoms. The topological polar surface area (TPSA) is 99.6 Å². The number of nitrogens with zero attached hydrogens (tertiary/aromatic N) is 3. The second-order valence-corrected chi connectivity index (χ2v) is 6.62. The summed E-state index contributed by atoms with van der Waals surface area (Å²) in [6.45, 7) is 15.1. The molecule has 0 aromatic heterocycles. The Labute approximate surface area is 157 Å². The Morgan fingerprint density at radius 2 is 0.840 bits per heavy atom. The van der Waals surface area contributed by atoms with Crippen LogP contribution in [0.1, 0.15) is 91.9 Å². The van der Waals surface area contributed by atoms with E-state index in [0.29, 0.717) is 0 Å². The molecule has 0 saturated heterocycles. The van der Waals surface area contributed by atoms with E-state index < -0.39 is 0 Å². The molecule has 0 unspecified atom stereocenters. The molecule has 0 bridgehead atoms. The molecular weight excluding hydrogens is 310 g/mol. The predicted molar refractivity (Wildman–Crippen MR) is 108 cm³/mol. The third-order valence-electron chi connectivity index (χ3n) is 4.44. The summed E-state index contributed by atoms with van der Waals surface area (Å²) in [7, 11) is 0. The average Bonchev–Trinajstić information content (AvgIpc) is 2.61. The maximum atomic E-state index is 7.10. The molecule has 0 saturated carbocycles. The van der Waals surface area contributed by atoms with Gasteiger partial charge in [0.25, 0.3) is 0 Å². The molecule has 0 heterocycles. The largest absolute Gasteiger partial charge is 0.337 e. The van der Waals surface area contributed by atoms with E-state index in [1.807, 2.05) is 0 Å². The number of hydrogen-bond acceptors (Lipinski definition) is 4. The van der Waals surface area contributed by atoms with E-state index in [-0.39, 0.29) is 0 Å².